The number of hydrogen-bond acceptors (Lipinski definition) is 0. The Morgan fingerprint density at radius 1 is 1.70 bits per heavy atom. The second-order valence-electron chi connectivity index (χ2n) is 2.65. The zero-order chi connectivity index (χ0) is 6.69. The van der Waals surface area contributed by atoms with Crippen molar-refractivity contribution in [1.29, 1.82) is 0 Å². The molecular formula is C8H15ClTe. The van der Waals surface area contributed by atoms with E-state index in [-0.39, 0.29) is 12.4 Å². The Bertz CT molecular complexity index is 103. The normalized spacial score (nSPS) is 25.9. The summed E-state index contributed by atoms with van der Waals surface area (Å²) in [6.45, 7) is 6.24. The summed E-state index contributed by atoms with van der Waals surface area (Å²) in [7, 11) is 0. The molecule has 60 valence electrons. The summed E-state index contributed by atoms with van der Waals surface area (Å²) < 4.78 is 4.15. The number of hydrogen-bond donors (Lipinski definition) is 0. The molecule has 2 heteroatoms. The molecular weight excluding hydrogens is 259 g/mol. The van der Waals surface area contributed by atoms with E-state index in [0.29, 0.717) is 0 Å². The molecule has 0 radical (unpaired) electrons. The molecule has 1 aliphatic rings. The second kappa shape index (κ2) is 5.47. The zero-order valence-corrected chi connectivity index (χ0v) is 9.56. The quantitative estimate of drug-likeness (QED) is 0.485. The van der Waals surface area contributed by atoms with Crippen LogP contribution in [0, 0.1) is 0 Å². The summed E-state index contributed by atoms with van der Waals surface area (Å²) in [5, 5.41) is 0. The summed E-state index contributed by atoms with van der Waals surface area (Å²) in [5.74, 6) is 0. The van der Waals surface area contributed by atoms with Crippen LogP contribution in [0.2, 0.25) is 12.9 Å². The average molecular weight is 274 g/mol. The Labute approximate surface area is 77.1 Å². The average Bonchev–Trinajstić information content (AvgIpc) is 2.18. The van der Waals surface area contributed by atoms with Gasteiger partial charge in [-0.05, 0) is 0 Å². The van der Waals surface area contributed by atoms with E-state index in [9.17, 15) is 0 Å². The third-order valence-corrected chi connectivity index (χ3v) is 10.1. The molecule has 1 atom stereocenters. The second-order valence-corrected chi connectivity index (χ2v) is 10.1. The van der Waals surface area contributed by atoms with E-state index in [1.54, 1.807) is 4.47 Å². The van der Waals surface area contributed by atoms with Gasteiger partial charge in [0.25, 0.3) is 0 Å². The van der Waals surface area contributed by atoms with E-state index in [1.165, 1.54) is 17.3 Å². The largest absolute Gasteiger partial charge is 1.00 e. The summed E-state index contributed by atoms with van der Waals surface area (Å²) in [6.07, 6.45) is 5.18. The van der Waals surface area contributed by atoms with Crippen LogP contribution in [0.3, 0.4) is 0 Å². The Morgan fingerprint density at radius 2 is 2.40 bits per heavy atom. The van der Waals surface area contributed by atoms with Crippen molar-refractivity contribution in [3.8, 4) is 0 Å². The molecule has 1 fully saturated rings. The molecule has 0 N–H and O–H groups in total. The molecule has 0 aromatic heterocycles. The van der Waals surface area contributed by atoms with Crippen LogP contribution in [0.25, 0.3) is 0 Å². The Hall–Kier alpha value is 0.820. The first-order valence-electron chi connectivity index (χ1n) is 3.62. The van der Waals surface area contributed by atoms with E-state index in [1.807, 2.05) is 0 Å². The van der Waals surface area contributed by atoms with Crippen molar-refractivity contribution in [2.24, 2.45) is 0 Å². The van der Waals surface area contributed by atoms with Gasteiger partial charge in [-0.2, -0.15) is 0 Å². The molecule has 1 saturated heterocycles. The van der Waals surface area contributed by atoms with Crippen LogP contribution < -0.4 is 12.4 Å². The molecule has 0 aromatic carbocycles. The van der Waals surface area contributed by atoms with Gasteiger partial charge >= 0.3 is 64.9 Å². The van der Waals surface area contributed by atoms with Gasteiger partial charge in [-0.15, -0.1) is 0 Å². The molecule has 1 unspecified atom stereocenters. The van der Waals surface area contributed by atoms with Crippen molar-refractivity contribution in [2.45, 2.75) is 32.7 Å². The molecule has 1 aliphatic heterocycles. The van der Waals surface area contributed by atoms with Gasteiger partial charge in [-0.3, -0.25) is 0 Å². The molecule has 0 bridgehead atoms. The summed E-state index contributed by atoms with van der Waals surface area (Å²) in [6, 6.07) is 0. The van der Waals surface area contributed by atoms with Gasteiger partial charge in [0.05, 0.1) is 0 Å². The maximum atomic E-state index is 3.80. The predicted octanol–water partition coefficient (Wildman–Crippen LogP) is -0.145. The molecule has 0 amide bonds. The molecule has 0 nitrogen and oxygen atoms in total. The number of rotatable bonds is 2. The molecule has 1 heterocycles. The SMILES string of the molecule is C=CC[Te+]1CCCC1C.[Cl-]. The van der Waals surface area contributed by atoms with Crippen molar-refractivity contribution in [3.05, 3.63) is 12.7 Å². The fourth-order valence-electron chi connectivity index (χ4n) is 1.32. The minimum absolute atomic E-state index is 0. The van der Waals surface area contributed by atoms with E-state index in [0.717, 1.165) is 3.97 Å². The molecule has 0 aliphatic carbocycles. The van der Waals surface area contributed by atoms with E-state index in [2.05, 4.69) is 19.6 Å². The van der Waals surface area contributed by atoms with Crippen molar-refractivity contribution in [3.63, 3.8) is 0 Å². The van der Waals surface area contributed by atoms with E-state index < -0.39 is 19.6 Å². The van der Waals surface area contributed by atoms with Crippen molar-refractivity contribution >= 4 is 19.6 Å². The van der Waals surface area contributed by atoms with Crippen LogP contribution in [-0.2, 0) is 0 Å². The molecule has 1 rings (SSSR count). The van der Waals surface area contributed by atoms with Gasteiger partial charge in [-0.1, -0.05) is 0 Å². The zero-order valence-electron chi connectivity index (χ0n) is 6.48. The Balaban J connectivity index is 0.000000810. The number of allylic oxidation sites excluding steroid dienone is 1. The van der Waals surface area contributed by atoms with Gasteiger partial charge in [-0.25, -0.2) is 0 Å². The van der Waals surface area contributed by atoms with Gasteiger partial charge in [0.1, 0.15) is 0 Å². The van der Waals surface area contributed by atoms with Crippen molar-refractivity contribution in [1.82, 2.24) is 0 Å². The first kappa shape index (κ1) is 10.8. The van der Waals surface area contributed by atoms with Gasteiger partial charge < -0.3 is 12.4 Å². The van der Waals surface area contributed by atoms with Crippen LogP contribution in [0.5, 0.6) is 0 Å². The van der Waals surface area contributed by atoms with Crippen LogP contribution in [0.15, 0.2) is 12.7 Å². The first-order chi connectivity index (χ1) is 4.34. The summed E-state index contributed by atoms with van der Waals surface area (Å²) in [5.41, 5.74) is 0. The van der Waals surface area contributed by atoms with Crippen LogP contribution in [-0.4, -0.2) is 19.6 Å². The van der Waals surface area contributed by atoms with E-state index >= 15 is 0 Å². The monoisotopic (exact) mass is 276 g/mol. The minimum atomic E-state index is -0.574. The Kier molecular flexibility index (Phi) is 5.92. The smallest absolute Gasteiger partial charge is 1.00 e. The first-order valence-corrected chi connectivity index (χ1v) is 8.26. The number of halogens is 1. The van der Waals surface area contributed by atoms with Gasteiger partial charge in [0.15, 0.2) is 0 Å². The Morgan fingerprint density at radius 3 is 2.80 bits per heavy atom. The molecule has 0 aromatic rings. The maximum absolute atomic E-state index is 3.80. The maximum Gasteiger partial charge on any atom is -1.00 e. The molecule has 0 saturated carbocycles. The molecule has 0 spiro atoms. The van der Waals surface area contributed by atoms with Gasteiger partial charge in [0, 0.05) is 0 Å². The van der Waals surface area contributed by atoms with Crippen LogP contribution in [0.1, 0.15) is 19.8 Å². The predicted molar refractivity (Wildman–Crippen MR) is 44.2 cm³/mol. The van der Waals surface area contributed by atoms with Gasteiger partial charge in [0.2, 0.25) is 0 Å². The van der Waals surface area contributed by atoms with Crippen LogP contribution >= 0.6 is 0 Å². The van der Waals surface area contributed by atoms with Crippen LogP contribution in [0.4, 0.5) is 0 Å². The van der Waals surface area contributed by atoms with Crippen molar-refractivity contribution in [2.75, 3.05) is 0 Å². The third-order valence-electron chi connectivity index (χ3n) is 1.92. The molecule has 10 heavy (non-hydrogen) atoms. The van der Waals surface area contributed by atoms with E-state index in [4.69, 9.17) is 0 Å². The fourth-order valence-corrected chi connectivity index (χ4v) is 7.71. The third kappa shape index (κ3) is 2.82. The minimum Gasteiger partial charge on any atom is -1.00 e. The topological polar surface area (TPSA) is 0 Å². The summed E-state index contributed by atoms with van der Waals surface area (Å²) >= 11 is -0.574. The van der Waals surface area contributed by atoms with Crippen molar-refractivity contribution < 1.29 is 12.4 Å². The standard InChI is InChI=1S/C8H15Te.ClH/c1-3-6-9-7-4-5-8(9)2;/h3,8H,1,4-7H2,2H3;1H/q+1;/p-1. The fraction of sp³-hybridized carbons (Fsp3) is 0.750. The summed E-state index contributed by atoms with van der Waals surface area (Å²) in [4.78, 5) is 0.